The Balaban J connectivity index is 1.30. The SMILES string of the molecule is CNC(=O)c1cc(Oc2ccc3c(c2)CC(NC(=O)c2cc(OC)c4ccccc4n2)CC3)ccn1. The summed E-state index contributed by atoms with van der Waals surface area (Å²) in [5, 5.41) is 6.56. The molecule has 182 valence electrons. The number of aromatic nitrogens is 2. The molecule has 1 atom stereocenters. The summed E-state index contributed by atoms with van der Waals surface area (Å²) < 4.78 is 11.5. The molecule has 1 unspecified atom stereocenters. The molecule has 0 fully saturated rings. The molecule has 36 heavy (non-hydrogen) atoms. The van der Waals surface area contributed by atoms with Crippen molar-refractivity contribution in [2.24, 2.45) is 0 Å². The molecule has 1 aliphatic carbocycles. The summed E-state index contributed by atoms with van der Waals surface area (Å²) in [6.07, 6.45) is 3.91. The fraction of sp³-hybridized carbons (Fsp3) is 0.214. The third-order valence-electron chi connectivity index (χ3n) is 6.30. The number of benzene rings is 2. The molecule has 2 aromatic heterocycles. The van der Waals surface area contributed by atoms with E-state index in [1.54, 1.807) is 38.6 Å². The molecule has 0 bridgehead atoms. The zero-order valence-corrected chi connectivity index (χ0v) is 20.1. The second kappa shape index (κ2) is 10.0. The van der Waals surface area contributed by atoms with E-state index in [9.17, 15) is 9.59 Å². The number of fused-ring (bicyclic) bond motifs is 2. The van der Waals surface area contributed by atoms with Crippen molar-refractivity contribution in [2.75, 3.05) is 14.2 Å². The number of para-hydroxylation sites is 1. The van der Waals surface area contributed by atoms with E-state index in [-0.39, 0.29) is 23.6 Å². The second-order valence-electron chi connectivity index (χ2n) is 8.63. The molecule has 8 heteroatoms. The van der Waals surface area contributed by atoms with Gasteiger partial charge in [-0.1, -0.05) is 18.2 Å². The number of nitrogens with one attached hydrogen (secondary N) is 2. The first-order chi connectivity index (χ1) is 17.5. The van der Waals surface area contributed by atoms with Crippen LogP contribution in [0.15, 0.2) is 66.9 Å². The van der Waals surface area contributed by atoms with Crippen LogP contribution in [0.3, 0.4) is 0 Å². The lowest BCUT2D eigenvalue weighted by atomic mass is 9.88. The monoisotopic (exact) mass is 482 g/mol. The molecular formula is C28H26N4O4. The van der Waals surface area contributed by atoms with Crippen molar-refractivity contribution in [1.29, 1.82) is 0 Å². The number of carbonyl (C=O) groups is 2. The molecule has 8 nitrogen and oxygen atoms in total. The maximum atomic E-state index is 13.1. The number of ether oxygens (including phenoxy) is 2. The molecular weight excluding hydrogens is 456 g/mol. The summed E-state index contributed by atoms with van der Waals surface area (Å²) in [6, 6.07) is 18.5. The number of amides is 2. The van der Waals surface area contributed by atoms with Gasteiger partial charge in [0.25, 0.3) is 11.8 Å². The molecule has 2 heterocycles. The lowest BCUT2D eigenvalue weighted by molar-refractivity contribution is 0.0926. The van der Waals surface area contributed by atoms with Crippen LogP contribution < -0.4 is 20.1 Å². The second-order valence-corrected chi connectivity index (χ2v) is 8.63. The van der Waals surface area contributed by atoms with Crippen LogP contribution in [0.25, 0.3) is 10.9 Å². The topological polar surface area (TPSA) is 102 Å². The van der Waals surface area contributed by atoms with Gasteiger partial charge in [0.1, 0.15) is 28.6 Å². The highest BCUT2D eigenvalue weighted by Gasteiger charge is 2.23. The fourth-order valence-electron chi connectivity index (χ4n) is 4.47. The first-order valence-electron chi connectivity index (χ1n) is 11.8. The van der Waals surface area contributed by atoms with Gasteiger partial charge >= 0.3 is 0 Å². The van der Waals surface area contributed by atoms with Gasteiger partial charge in [-0.05, 0) is 60.7 Å². The van der Waals surface area contributed by atoms with Crippen molar-refractivity contribution >= 4 is 22.7 Å². The van der Waals surface area contributed by atoms with E-state index >= 15 is 0 Å². The smallest absolute Gasteiger partial charge is 0.270 e. The van der Waals surface area contributed by atoms with E-state index in [4.69, 9.17) is 9.47 Å². The van der Waals surface area contributed by atoms with Crippen LogP contribution in [0.5, 0.6) is 17.2 Å². The van der Waals surface area contributed by atoms with Crippen molar-refractivity contribution in [3.05, 3.63) is 89.4 Å². The largest absolute Gasteiger partial charge is 0.496 e. The average Bonchev–Trinajstić information content (AvgIpc) is 2.91. The number of carbonyl (C=O) groups excluding carboxylic acids is 2. The van der Waals surface area contributed by atoms with Gasteiger partial charge in [0.15, 0.2) is 0 Å². The van der Waals surface area contributed by atoms with E-state index in [1.807, 2.05) is 36.4 Å². The van der Waals surface area contributed by atoms with Gasteiger partial charge in [-0.15, -0.1) is 0 Å². The summed E-state index contributed by atoms with van der Waals surface area (Å²) >= 11 is 0. The number of hydrogen-bond donors (Lipinski definition) is 2. The molecule has 2 N–H and O–H groups in total. The Morgan fingerprint density at radius 2 is 1.78 bits per heavy atom. The molecule has 5 rings (SSSR count). The van der Waals surface area contributed by atoms with Crippen molar-refractivity contribution in [2.45, 2.75) is 25.3 Å². The maximum Gasteiger partial charge on any atom is 0.270 e. The van der Waals surface area contributed by atoms with Crippen LogP contribution >= 0.6 is 0 Å². The van der Waals surface area contributed by atoms with Gasteiger partial charge in [-0.3, -0.25) is 14.6 Å². The van der Waals surface area contributed by atoms with E-state index in [2.05, 4.69) is 26.7 Å². The minimum Gasteiger partial charge on any atom is -0.496 e. The highest BCUT2D eigenvalue weighted by molar-refractivity contribution is 5.97. The van der Waals surface area contributed by atoms with Gasteiger partial charge in [0, 0.05) is 36.8 Å². The van der Waals surface area contributed by atoms with Gasteiger partial charge in [0.2, 0.25) is 0 Å². The Morgan fingerprint density at radius 1 is 0.944 bits per heavy atom. The van der Waals surface area contributed by atoms with E-state index in [0.717, 1.165) is 23.8 Å². The Labute approximate surface area is 208 Å². The fourth-order valence-corrected chi connectivity index (χ4v) is 4.47. The Morgan fingerprint density at radius 3 is 2.61 bits per heavy atom. The predicted molar refractivity (Wildman–Crippen MR) is 136 cm³/mol. The molecule has 1 aliphatic rings. The molecule has 2 aromatic carbocycles. The van der Waals surface area contributed by atoms with E-state index in [0.29, 0.717) is 34.9 Å². The Bertz CT molecular complexity index is 1450. The zero-order valence-electron chi connectivity index (χ0n) is 20.1. The quantitative estimate of drug-likeness (QED) is 0.429. The first kappa shape index (κ1) is 23.3. The third-order valence-corrected chi connectivity index (χ3v) is 6.30. The van der Waals surface area contributed by atoms with E-state index in [1.165, 1.54) is 5.56 Å². The summed E-state index contributed by atoms with van der Waals surface area (Å²) in [5.74, 6) is 1.31. The van der Waals surface area contributed by atoms with Gasteiger partial charge < -0.3 is 20.1 Å². The van der Waals surface area contributed by atoms with Gasteiger partial charge in [-0.25, -0.2) is 4.98 Å². The van der Waals surface area contributed by atoms with Crippen LogP contribution in [0.4, 0.5) is 0 Å². The summed E-state index contributed by atoms with van der Waals surface area (Å²) in [4.78, 5) is 33.5. The molecule has 0 saturated heterocycles. The standard InChI is InChI=1S/C28H26N4O4/c1-29-27(33)24-15-21(11-12-30-24)36-20-10-8-17-7-9-19(13-18(17)14-20)31-28(34)25-16-26(35-2)22-5-3-4-6-23(22)32-25/h3-6,8,10-12,14-16,19H,7,9,13H2,1-2H3,(H,29,33)(H,31,34). The van der Waals surface area contributed by atoms with Crippen LogP contribution in [-0.2, 0) is 12.8 Å². The van der Waals surface area contributed by atoms with Crippen LogP contribution in [-0.4, -0.2) is 42.0 Å². The van der Waals surface area contributed by atoms with Crippen LogP contribution in [0, 0.1) is 0 Å². The third kappa shape index (κ3) is 4.84. The van der Waals surface area contributed by atoms with E-state index < -0.39 is 0 Å². The minimum absolute atomic E-state index is 0.0275. The average molecular weight is 483 g/mol. The first-order valence-corrected chi connectivity index (χ1v) is 11.8. The van der Waals surface area contributed by atoms with Gasteiger partial charge in [0.05, 0.1) is 12.6 Å². The number of nitrogens with zero attached hydrogens (tertiary/aromatic N) is 2. The zero-order chi connectivity index (χ0) is 25.1. The molecule has 2 amide bonds. The summed E-state index contributed by atoms with van der Waals surface area (Å²) in [6.45, 7) is 0. The number of rotatable bonds is 6. The van der Waals surface area contributed by atoms with Crippen LogP contribution in [0.1, 0.15) is 38.5 Å². The van der Waals surface area contributed by atoms with Crippen molar-refractivity contribution < 1.29 is 19.1 Å². The van der Waals surface area contributed by atoms with Crippen molar-refractivity contribution in [1.82, 2.24) is 20.6 Å². The molecule has 0 spiro atoms. The summed E-state index contributed by atoms with van der Waals surface area (Å²) in [5.41, 5.74) is 3.69. The lowest BCUT2D eigenvalue weighted by Crippen LogP contribution is -2.39. The van der Waals surface area contributed by atoms with Crippen LogP contribution in [0.2, 0.25) is 0 Å². The number of aryl methyl sites for hydroxylation is 1. The maximum absolute atomic E-state index is 13.1. The number of hydrogen-bond acceptors (Lipinski definition) is 6. The van der Waals surface area contributed by atoms with Gasteiger partial charge in [-0.2, -0.15) is 0 Å². The number of methoxy groups -OCH3 is 1. The summed E-state index contributed by atoms with van der Waals surface area (Å²) in [7, 11) is 3.15. The highest BCUT2D eigenvalue weighted by Crippen LogP contribution is 2.29. The minimum atomic E-state index is -0.275. The lowest BCUT2D eigenvalue weighted by Gasteiger charge is -2.26. The molecule has 0 saturated carbocycles. The molecule has 0 aliphatic heterocycles. The Kier molecular flexibility index (Phi) is 6.49. The highest BCUT2D eigenvalue weighted by atomic mass is 16.5. The molecule has 0 radical (unpaired) electrons. The normalized spacial score (nSPS) is 14.6. The van der Waals surface area contributed by atoms with Crippen molar-refractivity contribution in [3.63, 3.8) is 0 Å². The van der Waals surface area contributed by atoms with Crippen molar-refractivity contribution in [3.8, 4) is 17.2 Å². The Hall–Kier alpha value is -4.46. The molecule has 4 aromatic rings. The number of pyridine rings is 2. The predicted octanol–water partition coefficient (Wildman–Crippen LogP) is 4.08.